The molecule has 6 heteroatoms. The van der Waals surface area contributed by atoms with Crippen LogP contribution in [-0.4, -0.2) is 45.1 Å². The van der Waals surface area contributed by atoms with Crippen molar-refractivity contribution in [2.75, 3.05) is 6.54 Å². The number of aryl methyl sites for hydroxylation is 2. The second-order valence-corrected chi connectivity index (χ2v) is 5.95. The predicted molar refractivity (Wildman–Crippen MR) is 77.9 cm³/mol. The number of rotatable bonds is 2. The van der Waals surface area contributed by atoms with E-state index in [1.54, 1.807) is 9.58 Å². The molecular weight excluding hydrogens is 268 g/mol. The Morgan fingerprint density at radius 1 is 1.43 bits per heavy atom. The number of carbonyl (C=O) groups excluding carboxylic acids is 2. The summed E-state index contributed by atoms with van der Waals surface area (Å²) in [5, 5.41) is 7.37. The van der Waals surface area contributed by atoms with Gasteiger partial charge in [-0.2, -0.15) is 5.10 Å². The fraction of sp³-hybridized carbons (Fsp3) is 0.667. The first-order chi connectivity index (χ1) is 10.1. The largest absolute Gasteiger partial charge is 0.350 e. The molecule has 2 aliphatic rings. The zero-order chi connectivity index (χ0) is 15.0. The smallest absolute Gasteiger partial charge is 0.272 e. The van der Waals surface area contributed by atoms with E-state index >= 15 is 0 Å². The first-order valence-electron chi connectivity index (χ1n) is 7.75. The molecule has 2 amide bonds. The molecule has 0 unspecified atom stereocenters. The third-order valence-corrected chi connectivity index (χ3v) is 4.47. The van der Waals surface area contributed by atoms with Crippen molar-refractivity contribution in [2.45, 2.75) is 58.2 Å². The number of piperazine rings is 1. The van der Waals surface area contributed by atoms with Crippen LogP contribution < -0.4 is 5.32 Å². The summed E-state index contributed by atoms with van der Waals surface area (Å²) in [6.07, 6.45) is 4.17. The highest BCUT2D eigenvalue weighted by Crippen LogP contribution is 2.27. The predicted octanol–water partition coefficient (Wildman–Crippen LogP) is 1.09. The van der Waals surface area contributed by atoms with Crippen LogP contribution in [0.5, 0.6) is 0 Å². The molecular formula is C15H22N4O2. The van der Waals surface area contributed by atoms with Crippen LogP contribution in [0.2, 0.25) is 0 Å². The van der Waals surface area contributed by atoms with E-state index in [1.807, 2.05) is 19.9 Å². The first-order valence-corrected chi connectivity index (χ1v) is 7.75. The molecule has 1 aromatic rings. The molecule has 1 saturated carbocycles. The summed E-state index contributed by atoms with van der Waals surface area (Å²) in [7, 11) is 0. The van der Waals surface area contributed by atoms with E-state index in [0.29, 0.717) is 12.2 Å². The minimum absolute atomic E-state index is 0.0502. The normalized spacial score (nSPS) is 25.4. The number of nitrogens with one attached hydrogen (secondary N) is 1. The van der Waals surface area contributed by atoms with E-state index in [4.69, 9.17) is 0 Å². The summed E-state index contributed by atoms with van der Waals surface area (Å²) in [6.45, 7) is 4.67. The molecule has 2 atom stereocenters. The van der Waals surface area contributed by atoms with Gasteiger partial charge in [0.1, 0.15) is 12.2 Å². The molecule has 2 fully saturated rings. The molecule has 1 N–H and O–H groups in total. The molecule has 1 aromatic heterocycles. The maximum absolute atomic E-state index is 12.9. The maximum atomic E-state index is 12.9. The van der Waals surface area contributed by atoms with Gasteiger partial charge in [-0.25, -0.2) is 0 Å². The van der Waals surface area contributed by atoms with Crippen molar-refractivity contribution >= 4 is 11.8 Å². The molecule has 1 saturated heterocycles. The summed E-state index contributed by atoms with van der Waals surface area (Å²) in [4.78, 5) is 26.5. The fourth-order valence-corrected chi connectivity index (χ4v) is 3.51. The topological polar surface area (TPSA) is 67.2 Å². The highest BCUT2D eigenvalue weighted by molar-refractivity contribution is 5.96. The lowest BCUT2D eigenvalue weighted by Gasteiger charge is -2.43. The van der Waals surface area contributed by atoms with Gasteiger partial charge in [0, 0.05) is 12.6 Å². The Hall–Kier alpha value is -1.85. The Balaban J connectivity index is 1.89. The van der Waals surface area contributed by atoms with Gasteiger partial charge in [0.15, 0.2) is 0 Å². The molecule has 1 aliphatic heterocycles. The quantitative estimate of drug-likeness (QED) is 0.886. The minimum Gasteiger partial charge on any atom is -0.350 e. The lowest BCUT2D eigenvalue weighted by Crippen LogP contribution is -2.63. The summed E-state index contributed by atoms with van der Waals surface area (Å²) in [5.74, 6) is -0.116. The molecule has 3 rings (SSSR count). The van der Waals surface area contributed by atoms with Gasteiger partial charge in [0.25, 0.3) is 5.91 Å². The van der Waals surface area contributed by atoms with Crippen molar-refractivity contribution in [2.24, 2.45) is 0 Å². The van der Waals surface area contributed by atoms with Crippen LogP contribution in [0, 0.1) is 6.92 Å². The van der Waals surface area contributed by atoms with Gasteiger partial charge in [-0.3, -0.25) is 14.3 Å². The highest BCUT2D eigenvalue weighted by Gasteiger charge is 2.39. The maximum Gasteiger partial charge on any atom is 0.272 e. The lowest BCUT2D eigenvalue weighted by atomic mass is 9.87. The molecule has 0 spiro atoms. The monoisotopic (exact) mass is 290 g/mol. The average molecular weight is 290 g/mol. The molecule has 6 nitrogen and oxygen atoms in total. The SMILES string of the molecule is CCn1nc(C)cc1C(=O)N1CC(=O)N[C@@H]2CCCC[C@@H]21. The fourth-order valence-electron chi connectivity index (χ4n) is 3.51. The average Bonchev–Trinajstić information content (AvgIpc) is 2.86. The van der Waals surface area contributed by atoms with Crippen LogP contribution in [0.4, 0.5) is 0 Å². The van der Waals surface area contributed by atoms with Crippen LogP contribution in [0.25, 0.3) is 0 Å². The standard InChI is InChI=1S/C15H22N4O2/c1-3-19-13(8-10(2)17-19)15(21)18-9-14(20)16-11-6-4-5-7-12(11)18/h8,11-12H,3-7,9H2,1-2H3,(H,16,20)/t11-,12+/m1/s1. The number of aromatic nitrogens is 2. The van der Waals surface area contributed by atoms with Gasteiger partial charge in [-0.15, -0.1) is 0 Å². The second-order valence-electron chi connectivity index (χ2n) is 5.95. The number of amides is 2. The van der Waals surface area contributed by atoms with Crippen molar-refractivity contribution in [3.8, 4) is 0 Å². The summed E-state index contributed by atoms with van der Waals surface area (Å²) in [5.41, 5.74) is 1.43. The van der Waals surface area contributed by atoms with Crippen LogP contribution in [0.3, 0.4) is 0 Å². The van der Waals surface area contributed by atoms with E-state index in [9.17, 15) is 9.59 Å². The molecule has 0 bridgehead atoms. The number of nitrogens with zero attached hydrogens (tertiary/aromatic N) is 3. The lowest BCUT2D eigenvalue weighted by molar-refractivity contribution is -0.127. The Morgan fingerprint density at radius 3 is 2.95 bits per heavy atom. The second kappa shape index (κ2) is 5.50. The van der Waals surface area contributed by atoms with E-state index in [-0.39, 0.29) is 30.4 Å². The number of hydrogen-bond acceptors (Lipinski definition) is 3. The van der Waals surface area contributed by atoms with Crippen molar-refractivity contribution < 1.29 is 9.59 Å². The summed E-state index contributed by atoms with van der Waals surface area (Å²) < 4.78 is 1.72. The Morgan fingerprint density at radius 2 is 2.19 bits per heavy atom. The van der Waals surface area contributed by atoms with E-state index in [2.05, 4.69) is 10.4 Å². The summed E-state index contributed by atoms with van der Waals surface area (Å²) >= 11 is 0. The Kier molecular flexibility index (Phi) is 3.69. The molecule has 1 aliphatic carbocycles. The molecule has 0 aromatic carbocycles. The first kappa shape index (κ1) is 14.1. The Bertz CT molecular complexity index is 566. The van der Waals surface area contributed by atoms with Gasteiger partial charge in [0.2, 0.25) is 5.91 Å². The molecule has 114 valence electrons. The third kappa shape index (κ3) is 2.54. The number of hydrogen-bond donors (Lipinski definition) is 1. The highest BCUT2D eigenvalue weighted by atomic mass is 16.2. The van der Waals surface area contributed by atoms with Crippen LogP contribution in [0.1, 0.15) is 48.8 Å². The van der Waals surface area contributed by atoms with Gasteiger partial charge >= 0.3 is 0 Å². The van der Waals surface area contributed by atoms with Gasteiger partial charge in [0.05, 0.1) is 11.7 Å². The summed E-state index contributed by atoms with van der Waals surface area (Å²) in [6, 6.07) is 2.06. The van der Waals surface area contributed by atoms with E-state index in [0.717, 1.165) is 31.4 Å². The zero-order valence-corrected chi connectivity index (χ0v) is 12.6. The van der Waals surface area contributed by atoms with E-state index < -0.39 is 0 Å². The number of fused-ring (bicyclic) bond motifs is 1. The van der Waals surface area contributed by atoms with Crippen LogP contribution in [0.15, 0.2) is 6.07 Å². The van der Waals surface area contributed by atoms with Crippen molar-refractivity contribution in [3.05, 3.63) is 17.5 Å². The number of carbonyl (C=O) groups is 2. The van der Waals surface area contributed by atoms with Crippen molar-refractivity contribution in [1.29, 1.82) is 0 Å². The van der Waals surface area contributed by atoms with Crippen molar-refractivity contribution in [3.63, 3.8) is 0 Å². The Labute approximate surface area is 124 Å². The van der Waals surface area contributed by atoms with Crippen LogP contribution in [-0.2, 0) is 11.3 Å². The van der Waals surface area contributed by atoms with Gasteiger partial charge < -0.3 is 10.2 Å². The third-order valence-electron chi connectivity index (χ3n) is 4.47. The van der Waals surface area contributed by atoms with E-state index in [1.165, 1.54) is 0 Å². The van der Waals surface area contributed by atoms with Crippen LogP contribution >= 0.6 is 0 Å². The van der Waals surface area contributed by atoms with Gasteiger partial charge in [-0.1, -0.05) is 12.8 Å². The molecule has 21 heavy (non-hydrogen) atoms. The van der Waals surface area contributed by atoms with Gasteiger partial charge in [-0.05, 0) is 32.8 Å². The molecule has 0 radical (unpaired) electrons. The minimum atomic E-state index is -0.0656. The molecule has 2 heterocycles. The zero-order valence-electron chi connectivity index (χ0n) is 12.6. The van der Waals surface area contributed by atoms with Crippen molar-refractivity contribution in [1.82, 2.24) is 20.0 Å².